The minimum Gasteiger partial charge on any atom is -0.377 e. The number of hydrogen-bond donors (Lipinski definition) is 1. The zero-order chi connectivity index (χ0) is 5.82. The first-order valence-corrected chi connectivity index (χ1v) is 2.82. The summed E-state index contributed by atoms with van der Waals surface area (Å²) in [6.45, 7) is 2.12. The van der Waals surface area contributed by atoms with Gasteiger partial charge in [0, 0.05) is 13.1 Å². The number of hydrogen-bond acceptors (Lipinski definition) is 2. The van der Waals surface area contributed by atoms with Gasteiger partial charge in [-0.05, 0) is 0 Å². The Kier molecular flexibility index (Phi) is 2.24. The second kappa shape index (κ2) is 2.99. The van der Waals surface area contributed by atoms with Crippen molar-refractivity contribution < 1.29 is 9.13 Å². The van der Waals surface area contributed by atoms with Crippen LogP contribution in [0, 0.1) is 0 Å². The fraction of sp³-hybridized carbons (Fsp3) is 1.00. The van der Waals surface area contributed by atoms with Gasteiger partial charge >= 0.3 is 0 Å². The number of nitrogens with one attached hydrogen (secondary N) is 1. The van der Waals surface area contributed by atoms with Gasteiger partial charge in [-0.3, -0.25) is 0 Å². The standard InChI is InChI=1S/C5H10FNO/c6-5-3-7-1-2-8-4-5/h5,7H,1-4H2/t5-/m1/s1. The molecule has 48 valence electrons. The maximum Gasteiger partial charge on any atom is 0.136 e. The lowest BCUT2D eigenvalue weighted by Crippen LogP contribution is -2.23. The van der Waals surface area contributed by atoms with E-state index in [1.165, 1.54) is 0 Å². The van der Waals surface area contributed by atoms with Crippen LogP contribution >= 0.6 is 0 Å². The Labute approximate surface area is 48.0 Å². The van der Waals surface area contributed by atoms with Crippen LogP contribution in [0.2, 0.25) is 0 Å². The van der Waals surface area contributed by atoms with Gasteiger partial charge in [-0.25, -0.2) is 4.39 Å². The van der Waals surface area contributed by atoms with Crippen molar-refractivity contribution in [2.45, 2.75) is 6.17 Å². The smallest absolute Gasteiger partial charge is 0.136 e. The molecule has 0 bridgehead atoms. The van der Waals surface area contributed by atoms with Crippen LogP contribution in [0.5, 0.6) is 0 Å². The van der Waals surface area contributed by atoms with E-state index in [1.807, 2.05) is 0 Å². The summed E-state index contributed by atoms with van der Waals surface area (Å²) < 4.78 is 17.1. The SMILES string of the molecule is F[C@@H]1CNCCOC1. The van der Waals surface area contributed by atoms with Gasteiger partial charge in [0.1, 0.15) is 6.17 Å². The van der Waals surface area contributed by atoms with Crippen LogP contribution in [-0.2, 0) is 4.74 Å². The first kappa shape index (κ1) is 5.98. The molecule has 1 saturated heterocycles. The van der Waals surface area contributed by atoms with Gasteiger partial charge in [0.2, 0.25) is 0 Å². The molecule has 0 unspecified atom stereocenters. The van der Waals surface area contributed by atoms with Gasteiger partial charge in [0.05, 0.1) is 13.2 Å². The molecule has 1 N–H and O–H groups in total. The predicted molar refractivity (Wildman–Crippen MR) is 28.6 cm³/mol. The lowest BCUT2D eigenvalue weighted by Gasteiger charge is -1.99. The molecule has 0 aromatic heterocycles. The average Bonchev–Trinajstić information content (AvgIpc) is 1.94. The van der Waals surface area contributed by atoms with Gasteiger partial charge in [-0.15, -0.1) is 0 Å². The molecule has 0 aromatic carbocycles. The molecule has 1 aliphatic heterocycles. The van der Waals surface area contributed by atoms with Crippen molar-refractivity contribution >= 4 is 0 Å². The highest BCUT2D eigenvalue weighted by atomic mass is 19.1. The van der Waals surface area contributed by atoms with E-state index in [-0.39, 0.29) is 6.61 Å². The van der Waals surface area contributed by atoms with E-state index < -0.39 is 6.17 Å². The highest BCUT2D eigenvalue weighted by molar-refractivity contribution is 4.61. The lowest BCUT2D eigenvalue weighted by molar-refractivity contribution is 0.105. The third-order valence-electron chi connectivity index (χ3n) is 1.09. The Balaban J connectivity index is 2.17. The van der Waals surface area contributed by atoms with Gasteiger partial charge in [0.15, 0.2) is 0 Å². The molecular weight excluding hydrogens is 109 g/mol. The third kappa shape index (κ3) is 1.76. The zero-order valence-electron chi connectivity index (χ0n) is 4.69. The second-order valence-electron chi connectivity index (χ2n) is 1.88. The molecule has 1 rings (SSSR count). The van der Waals surface area contributed by atoms with E-state index in [0.717, 1.165) is 6.54 Å². The Hall–Kier alpha value is -0.150. The maximum absolute atomic E-state index is 12.3. The molecule has 1 fully saturated rings. The zero-order valence-corrected chi connectivity index (χ0v) is 4.69. The largest absolute Gasteiger partial charge is 0.377 e. The molecule has 0 amide bonds. The van der Waals surface area contributed by atoms with E-state index in [9.17, 15) is 4.39 Å². The Morgan fingerprint density at radius 3 is 3.38 bits per heavy atom. The summed E-state index contributed by atoms with van der Waals surface area (Å²) in [5.41, 5.74) is 0. The van der Waals surface area contributed by atoms with E-state index in [4.69, 9.17) is 4.74 Å². The minimum absolute atomic E-state index is 0.257. The molecule has 1 heterocycles. The first-order chi connectivity index (χ1) is 3.89. The predicted octanol–water partition coefficient (Wildman–Crippen LogP) is -0.0557. The molecule has 1 aliphatic rings. The van der Waals surface area contributed by atoms with Gasteiger partial charge in [-0.1, -0.05) is 0 Å². The number of ether oxygens (including phenoxy) is 1. The monoisotopic (exact) mass is 119 g/mol. The normalized spacial score (nSPS) is 31.9. The van der Waals surface area contributed by atoms with Crippen molar-refractivity contribution in [3.05, 3.63) is 0 Å². The summed E-state index contributed by atoms with van der Waals surface area (Å²) in [5.74, 6) is 0. The van der Waals surface area contributed by atoms with Gasteiger partial charge in [0.25, 0.3) is 0 Å². The van der Waals surface area contributed by atoms with Crippen LogP contribution in [0.25, 0.3) is 0 Å². The molecule has 0 radical (unpaired) electrons. The molecule has 0 aliphatic carbocycles. The Morgan fingerprint density at radius 2 is 2.50 bits per heavy atom. The van der Waals surface area contributed by atoms with Crippen LogP contribution in [0.15, 0.2) is 0 Å². The molecule has 0 spiro atoms. The van der Waals surface area contributed by atoms with E-state index >= 15 is 0 Å². The van der Waals surface area contributed by atoms with Crippen molar-refractivity contribution in [3.8, 4) is 0 Å². The van der Waals surface area contributed by atoms with Crippen molar-refractivity contribution in [2.75, 3.05) is 26.3 Å². The molecule has 3 heteroatoms. The molecule has 0 aromatic rings. The second-order valence-corrected chi connectivity index (χ2v) is 1.88. The molecule has 2 nitrogen and oxygen atoms in total. The van der Waals surface area contributed by atoms with Crippen molar-refractivity contribution in [1.29, 1.82) is 0 Å². The number of alkyl halides is 1. The third-order valence-corrected chi connectivity index (χ3v) is 1.09. The average molecular weight is 119 g/mol. The van der Waals surface area contributed by atoms with Crippen molar-refractivity contribution in [1.82, 2.24) is 5.32 Å². The highest BCUT2D eigenvalue weighted by Gasteiger charge is 2.08. The number of halogens is 1. The van der Waals surface area contributed by atoms with E-state index in [1.54, 1.807) is 0 Å². The van der Waals surface area contributed by atoms with Gasteiger partial charge < -0.3 is 10.1 Å². The maximum atomic E-state index is 12.3. The van der Waals surface area contributed by atoms with E-state index in [2.05, 4.69) is 5.32 Å². The summed E-state index contributed by atoms with van der Waals surface area (Å²) in [6.07, 6.45) is -0.808. The summed E-state index contributed by atoms with van der Waals surface area (Å²) in [7, 11) is 0. The molecule has 0 saturated carbocycles. The number of rotatable bonds is 0. The van der Waals surface area contributed by atoms with Crippen molar-refractivity contribution in [3.63, 3.8) is 0 Å². The summed E-state index contributed by atoms with van der Waals surface area (Å²) >= 11 is 0. The summed E-state index contributed by atoms with van der Waals surface area (Å²) in [6, 6.07) is 0. The minimum atomic E-state index is -0.808. The van der Waals surface area contributed by atoms with Crippen LogP contribution in [0.4, 0.5) is 4.39 Å². The molecule has 1 atom stereocenters. The van der Waals surface area contributed by atoms with Crippen molar-refractivity contribution in [2.24, 2.45) is 0 Å². The van der Waals surface area contributed by atoms with E-state index in [0.29, 0.717) is 13.2 Å². The Morgan fingerprint density at radius 1 is 1.62 bits per heavy atom. The highest BCUT2D eigenvalue weighted by Crippen LogP contribution is 1.92. The fourth-order valence-corrected chi connectivity index (χ4v) is 0.673. The topological polar surface area (TPSA) is 21.3 Å². The van der Waals surface area contributed by atoms with Crippen LogP contribution < -0.4 is 5.32 Å². The first-order valence-electron chi connectivity index (χ1n) is 2.82. The van der Waals surface area contributed by atoms with Crippen LogP contribution in [-0.4, -0.2) is 32.5 Å². The molecular formula is C5H10FNO. The Bertz CT molecular complexity index is 61.4. The lowest BCUT2D eigenvalue weighted by atomic mass is 10.4. The summed E-state index contributed by atoms with van der Waals surface area (Å²) in [5, 5.41) is 2.90. The quantitative estimate of drug-likeness (QED) is 0.482. The molecule has 8 heavy (non-hydrogen) atoms. The summed E-state index contributed by atoms with van der Waals surface area (Å²) in [4.78, 5) is 0. The van der Waals surface area contributed by atoms with Crippen LogP contribution in [0.3, 0.4) is 0 Å². The van der Waals surface area contributed by atoms with Gasteiger partial charge in [-0.2, -0.15) is 0 Å². The van der Waals surface area contributed by atoms with Crippen LogP contribution in [0.1, 0.15) is 0 Å². The fourth-order valence-electron chi connectivity index (χ4n) is 0.673.